The van der Waals surface area contributed by atoms with Gasteiger partial charge in [-0.1, -0.05) is 18.7 Å². The Balaban J connectivity index is 2.58. The number of allylic oxidation sites excluding steroid dienone is 1. The van der Waals surface area contributed by atoms with E-state index in [0.717, 1.165) is 0 Å². The van der Waals surface area contributed by atoms with Gasteiger partial charge in [0.15, 0.2) is 0 Å². The van der Waals surface area contributed by atoms with E-state index in [1.165, 1.54) is 4.91 Å². The molecule has 0 spiro atoms. The molecule has 0 aromatic heterocycles. The van der Waals surface area contributed by atoms with Gasteiger partial charge >= 0.3 is 0 Å². The summed E-state index contributed by atoms with van der Waals surface area (Å²) < 4.78 is 0. The van der Waals surface area contributed by atoms with Gasteiger partial charge < -0.3 is 0 Å². The van der Waals surface area contributed by atoms with E-state index < -0.39 is 0 Å². The highest BCUT2D eigenvalue weighted by atomic mass is 32.2. The summed E-state index contributed by atoms with van der Waals surface area (Å²) in [5.74, 6) is 0. The molecule has 1 rings (SSSR count). The van der Waals surface area contributed by atoms with E-state index in [1.807, 2.05) is 11.8 Å². The predicted octanol–water partition coefficient (Wildman–Crippen LogP) is 2.19. The fraction of sp³-hybridized carbons (Fsp3) is 0.333. The standard InChI is InChI=1S/C6H8S/c1-5-3-4-6(2)7-5/h3-4,6H,1H2,2H3. The molecule has 0 saturated carbocycles. The van der Waals surface area contributed by atoms with Gasteiger partial charge in [0.2, 0.25) is 0 Å². The first-order valence-electron chi connectivity index (χ1n) is 2.33. The van der Waals surface area contributed by atoms with Crippen LogP contribution in [0, 0.1) is 0 Å². The van der Waals surface area contributed by atoms with Crippen molar-refractivity contribution in [2.75, 3.05) is 0 Å². The maximum atomic E-state index is 3.78. The van der Waals surface area contributed by atoms with Crippen molar-refractivity contribution in [3.8, 4) is 0 Å². The summed E-state index contributed by atoms with van der Waals surface area (Å²) in [6, 6.07) is 0. The van der Waals surface area contributed by atoms with Gasteiger partial charge in [-0.3, -0.25) is 0 Å². The van der Waals surface area contributed by atoms with Gasteiger partial charge in [0.25, 0.3) is 0 Å². The SMILES string of the molecule is C=C1C=CC(C)S1. The predicted molar refractivity (Wildman–Crippen MR) is 35.3 cm³/mol. The van der Waals surface area contributed by atoms with Crippen LogP contribution in [0.15, 0.2) is 23.6 Å². The van der Waals surface area contributed by atoms with Crippen molar-refractivity contribution in [1.82, 2.24) is 0 Å². The monoisotopic (exact) mass is 112 g/mol. The third-order valence-corrected chi connectivity index (χ3v) is 1.86. The minimum atomic E-state index is 0.660. The lowest BCUT2D eigenvalue weighted by Gasteiger charge is -1.92. The molecule has 38 valence electrons. The summed E-state index contributed by atoms with van der Waals surface area (Å²) in [5.41, 5.74) is 0. The van der Waals surface area contributed by atoms with Gasteiger partial charge in [-0.2, -0.15) is 0 Å². The van der Waals surface area contributed by atoms with Crippen LogP contribution in [0.3, 0.4) is 0 Å². The van der Waals surface area contributed by atoms with Crippen LogP contribution in [0.2, 0.25) is 0 Å². The van der Waals surface area contributed by atoms with Crippen LogP contribution in [0.4, 0.5) is 0 Å². The first kappa shape index (κ1) is 4.98. The highest BCUT2D eigenvalue weighted by Crippen LogP contribution is 2.27. The first-order valence-corrected chi connectivity index (χ1v) is 3.21. The fourth-order valence-electron chi connectivity index (χ4n) is 0.560. The number of rotatable bonds is 0. The molecule has 0 nitrogen and oxygen atoms in total. The molecule has 0 aromatic carbocycles. The minimum absolute atomic E-state index is 0.660. The zero-order valence-corrected chi connectivity index (χ0v) is 5.16. The minimum Gasteiger partial charge on any atom is -0.119 e. The maximum Gasteiger partial charge on any atom is 0.0249 e. The van der Waals surface area contributed by atoms with Crippen LogP contribution in [0.25, 0.3) is 0 Å². The van der Waals surface area contributed by atoms with Crippen LogP contribution in [-0.2, 0) is 0 Å². The average molecular weight is 112 g/mol. The molecule has 1 unspecified atom stereocenters. The Bertz CT molecular complexity index is 113. The Morgan fingerprint density at radius 1 is 1.86 bits per heavy atom. The summed E-state index contributed by atoms with van der Waals surface area (Å²) in [6.45, 7) is 5.95. The Hall–Kier alpha value is -0.170. The van der Waals surface area contributed by atoms with Gasteiger partial charge in [-0.25, -0.2) is 0 Å². The lowest BCUT2D eigenvalue weighted by Crippen LogP contribution is -1.78. The molecular weight excluding hydrogens is 104 g/mol. The molecule has 0 aliphatic carbocycles. The van der Waals surface area contributed by atoms with Crippen LogP contribution in [0.1, 0.15) is 6.92 Å². The van der Waals surface area contributed by atoms with Gasteiger partial charge in [-0.15, -0.1) is 11.8 Å². The zero-order chi connectivity index (χ0) is 5.28. The normalized spacial score (nSPS) is 29.3. The van der Waals surface area contributed by atoms with Crippen LogP contribution in [0.5, 0.6) is 0 Å². The molecule has 0 bridgehead atoms. The molecule has 0 N–H and O–H groups in total. The van der Waals surface area contributed by atoms with Crippen molar-refractivity contribution in [2.24, 2.45) is 0 Å². The molecule has 1 heteroatoms. The highest BCUT2D eigenvalue weighted by Gasteiger charge is 2.04. The number of hydrogen-bond donors (Lipinski definition) is 0. The maximum absolute atomic E-state index is 3.78. The summed E-state index contributed by atoms with van der Waals surface area (Å²) in [7, 11) is 0. The quantitative estimate of drug-likeness (QED) is 0.463. The molecule has 0 radical (unpaired) electrons. The van der Waals surface area contributed by atoms with E-state index in [-0.39, 0.29) is 0 Å². The Morgan fingerprint density at radius 3 is 2.71 bits per heavy atom. The van der Waals surface area contributed by atoms with E-state index >= 15 is 0 Å². The zero-order valence-electron chi connectivity index (χ0n) is 4.35. The Kier molecular flexibility index (Phi) is 1.24. The van der Waals surface area contributed by atoms with Crippen molar-refractivity contribution in [1.29, 1.82) is 0 Å². The van der Waals surface area contributed by atoms with Crippen molar-refractivity contribution in [3.63, 3.8) is 0 Å². The third kappa shape index (κ3) is 1.10. The Morgan fingerprint density at radius 2 is 2.57 bits per heavy atom. The van der Waals surface area contributed by atoms with Crippen LogP contribution >= 0.6 is 11.8 Å². The molecule has 0 aromatic rings. The third-order valence-electron chi connectivity index (χ3n) is 0.890. The largest absolute Gasteiger partial charge is 0.119 e. The number of hydrogen-bond acceptors (Lipinski definition) is 1. The summed E-state index contributed by atoms with van der Waals surface area (Å²) in [6.07, 6.45) is 4.22. The lowest BCUT2D eigenvalue weighted by atomic mass is 10.4. The van der Waals surface area contributed by atoms with E-state index in [1.54, 1.807) is 0 Å². The topological polar surface area (TPSA) is 0 Å². The molecule has 1 aliphatic rings. The molecule has 0 amide bonds. The summed E-state index contributed by atoms with van der Waals surface area (Å²) in [5, 5.41) is 0.660. The second-order valence-corrected chi connectivity index (χ2v) is 3.15. The smallest absolute Gasteiger partial charge is 0.0249 e. The van der Waals surface area contributed by atoms with E-state index in [2.05, 4.69) is 25.7 Å². The van der Waals surface area contributed by atoms with E-state index in [4.69, 9.17) is 0 Å². The van der Waals surface area contributed by atoms with Gasteiger partial charge in [0.05, 0.1) is 0 Å². The molecule has 1 aliphatic heterocycles. The average Bonchev–Trinajstić information content (AvgIpc) is 1.87. The molecule has 0 saturated heterocycles. The summed E-state index contributed by atoms with van der Waals surface area (Å²) in [4.78, 5) is 1.19. The van der Waals surface area contributed by atoms with E-state index in [0.29, 0.717) is 5.25 Å². The molecule has 1 heterocycles. The highest BCUT2D eigenvalue weighted by molar-refractivity contribution is 8.04. The first-order chi connectivity index (χ1) is 3.29. The molecular formula is C6H8S. The Labute approximate surface area is 48.3 Å². The van der Waals surface area contributed by atoms with Crippen LogP contribution in [-0.4, -0.2) is 5.25 Å². The van der Waals surface area contributed by atoms with Gasteiger partial charge in [0.1, 0.15) is 0 Å². The van der Waals surface area contributed by atoms with Crippen molar-refractivity contribution >= 4 is 11.8 Å². The van der Waals surface area contributed by atoms with Crippen molar-refractivity contribution < 1.29 is 0 Å². The van der Waals surface area contributed by atoms with Crippen molar-refractivity contribution in [2.45, 2.75) is 12.2 Å². The van der Waals surface area contributed by atoms with Gasteiger partial charge in [0, 0.05) is 10.2 Å². The van der Waals surface area contributed by atoms with Crippen LogP contribution < -0.4 is 0 Å². The second-order valence-electron chi connectivity index (χ2n) is 1.65. The second kappa shape index (κ2) is 1.74. The number of thioether (sulfide) groups is 1. The van der Waals surface area contributed by atoms with E-state index in [9.17, 15) is 0 Å². The molecule has 7 heavy (non-hydrogen) atoms. The molecule has 0 fully saturated rings. The summed E-state index contributed by atoms with van der Waals surface area (Å²) >= 11 is 1.81. The van der Waals surface area contributed by atoms with Gasteiger partial charge in [-0.05, 0) is 6.92 Å². The lowest BCUT2D eigenvalue weighted by molar-refractivity contribution is 1.27. The molecule has 1 atom stereocenters. The fourth-order valence-corrected chi connectivity index (χ4v) is 1.35. The van der Waals surface area contributed by atoms with Crippen molar-refractivity contribution in [3.05, 3.63) is 23.6 Å².